The van der Waals surface area contributed by atoms with Gasteiger partial charge in [0.1, 0.15) is 18.1 Å². The quantitative estimate of drug-likeness (QED) is 0.374. The van der Waals surface area contributed by atoms with Gasteiger partial charge in [0, 0.05) is 18.4 Å². The lowest BCUT2D eigenvalue weighted by molar-refractivity contribution is -0.121. The van der Waals surface area contributed by atoms with Crippen molar-refractivity contribution in [3.8, 4) is 0 Å². The summed E-state index contributed by atoms with van der Waals surface area (Å²) in [5, 5.41) is 4.38. The Labute approximate surface area is 196 Å². The van der Waals surface area contributed by atoms with E-state index in [1.807, 2.05) is 24.3 Å². The first-order valence-corrected chi connectivity index (χ1v) is 11.9. The number of nitrogens with one attached hydrogen (secondary N) is 2. The van der Waals surface area contributed by atoms with Gasteiger partial charge in [0.2, 0.25) is 5.91 Å². The van der Waals surface area contributed by atoms with Crippen LogP contribution in [0.1, 0.15) is 11.3 Å². The average Bonchev–Trinajstić information content (AvgIpc) is 2.83. The summed E-state index contributed by atoms with van der Waals surface area (Å²) in [6.45, 7) is 1.62. The second kappa shape index (κ2) is 9.36. The van der Waals surface area contributed by atoms with E-state index in [0.717, 1.165) is 16.3 Å². The molecule has 4 rings (SSSR count). The smallest absolute Gasteiger partial charge is 0.275 e. The number of hydrogen-bond acceptors (Lipinski definition) is 6. The Kier molecular flexibility index (Phi) is 6.33. The number of anilines is 2. The minimum atomic E-state index is -4.02. The maximum atomic E-state index is 13.0. The third-order valence-corrected chi connectivity index (χ3v) is 6.67. The van der Waals surface area contributed by atoms with Gasteiger partial charge in [-0.1, -0.05) is 36.4 Å². The van der Waals surface area contributed by atoms with Crippen LogP contribution in [0.4, 0.5) is 11.5 Å². The van der Waals surface area contributed by atoms with Crippen LogP contribution in [0, 0.1) is 6.92 Å². The molecule has 0 saturated heterocycles. The maximum absolute atomic E-state index is 13.0. The zero-order valence-electron chi connectivity index (χ0n) is 18.4. The van der Waals surface area contributed by atoms with E-state index in [1.54, 1.807) is 43.5 Å². The molecular formula is C24H23N5O4S. The molecule has 34 heavy (non-hydrogen) atoms. The molecule has 174 valence electrons. The van der Waals surface area contributed by atoms with Gasteiger partial charge in [0.15, 0.2) is 0 Å². The van der Waals surface area contributed by atoms with Crippen molar-refractivity contribution >= 4 is 38.2 Å². The fraction of sp³-hybridized carbons (Fsp3) is 0.125. The van der Waals surface area contributed by atoms with Crippen molar-refractivity contribution in [1.29, 1.82) is 0 Å². The van der Waals surface area contributed by atoms with Gasteiger partial charge in [-0.05, 0) is 53.6 Å². The summed E-state index contributed by atoms with van der Waals surface area (Å²) in [5.41, 5.74) is 6.06. The molecule has 0 bridgehead atoms. The number of carbonyl (C=O) groups excluding carboxylic acids is 1. The number of rotatable bonds is 7. The molecule has 0 aliphatic heterocycles. The van der Waals surface area contributed by atoms with Crippen LogP contribution in [0.3, 0.4) is 0 Å². The fourth-order valence-corrected chi connectivity index (χ4v) is 4.52. The molecule has 0 fully saturated rings. The molecular weight excluding hydrogens is 454 g/mol. The number of benzene rings is 2. The normalized spacial score (nSPS) is 11.3. The van der Waals surface area contributed by atoms with E-state index >= 15 is 0 Å². The van der Waals surface area contributed by atoms with Gasteiger partial charge < -0.3 is 15.6 Å². The number of aryl methyl sites for hydroxylation is 1. The zero-order valence-corrected chi connectivity index (χ0v) is 19.2. The highest BCUT2D eigenvalue weighted by Crippen LogP contribution is 2.20. The monoisotopic (exact) mass is 477 g/mol. The number of fused-ring (bicyclic) bond motifs is 1. The van der Waals surface area contributed by atoms with Gasteiger partial charge in [-0.15, -0.1) is 0 Å². The number of sulfonamides is 1. The molecule has 4 aromatic rings. The Morgan fingerprint density at radius 1 is 1.03 bits per heavy atom. The number of hydrogen-bond donors (Lipinski definition) is 3. The van der Waals surface area contributed by atoms with Crippen LogP contribution >= 0.6 is 0 Å². The number of aromatic nitrogens is 2. The Balaban J connectivity index is 1.52. The molecule has 0 unspecified atom stereocenters. The molecule has 10 heteroatoms. The highest BCUT2D eigenvalue weighted by molar-refractivity contribution is 7.92. The SMILES string of the molecule is Cc1ccc(NS(=O)(=O)c2ccc3ccccc3c2)c(=O)n1CC(=O)NCc1ccc(N)nc1. The van der Waals surface area contributed by atoms with Crippen molar-refractivity contribution in [3.63, 3.8) is 0 Å². The molecule has 0 atom stereocenters. The molecule has 1 amide bonds. The Morgan fingerprint density at radius 2 is 1.79 bits per heavy atom. The van der Waals surface area contributed by atoms with Gasteiger partial charge in [-0.25, -0.2) is 13.4 Å². The van der Waals surface area contributed by atoms with Gasteiger partial charge in [0.25, 0.3) is 15.6 Å². The van der Waals surface area contributed by atoms with Crippen LogP contribution in [-0.4, -0.2) is 23.9 Å². The number of nitrogen functional groups attached to an aromatic ring is 1. The van der Waals surface area contributed by atoms with Crippen LogP contribution in [0.25, 0.3) is 10.8 Å². The molecule has 2 aromatic heterocycles. The first kappa shape index (κ1) is 23.0. The Hall–Kier alpha value is -4.18. The van der Waals surface area contributed by atoms with E-state index in [2.05, 4.69) is 15.0 Å². The van der Waals surface area contributed by atoms with E-state index in [1.165, 1.54) is 16.7 Å². The van der Waals surface area contributed by atoms with Crippen molar-refractivity contribution < 1.29 is 13.2 Å². The Bertz CT molecular complexity index is 1530. The summed E-state index contributed by atoms with van der Waals surface area (Å²) in [6, 6.07) is 18.5. The van der Waals surface area contributed by atoms with Gasteiger partial charge >= 0.3 is 0 Å². The summed E-state index contributed by atoms with van der Waals surface area (Å²) >= 11 is 0. The Morgan fingerprint density at radius 3 is 2.53 bits per heavy atom. The molecule has 2 aromatic carbocycles. The van der Waals surface area contributed by atoms with Crippen LogP contribution in [0.2, 0.25) is 0 Å². The topological polar surface area (TPSA) is 136 Å². The van der Waals surface area contributed by atoms with Crippen molar-refractivity contribution in [1.82, 2.24) is 14.9 Å². The molecule has 0 aliphatic carbocycles. The lowest BCUT2D eigenvalue weighted by Gasteiger charge is -2.14. The molecule has 0 aliphatic rings. The number of pyridine rings is 2. The molecule has 9 nitrogen and oxygen atoms in total. The molecule has 2 heterocycles. The molecule has 0 saturated carbocycles. The molecule has 0 radical (unpaired) electrons. The third kappa shape index (κ3) is 5.07. The fourth-order valence-electron chi connectivity index (χ4n) is 3.42. The second-order valence-corrected chi connectivity index (χ2v) is 9.44. The summed E-state index contributed by atoms with van der Waals surface area (Å²) < 4.78 is 29.5. The van der Waals surface area contributed by atoms with Crippen molar-refractivity contribution in [2.24, 2.45) is 0 Å². The summed E-state index contributed by atoms with van der Waals surface area (Å²) in [7, 11) is -4.02. The van der Waals surface area contributed by atoms with Crippen LogP contribution in [0.15, 0.2) is 82.6 Å². The van der Waals surface area contributed by atoms with E-state index in [0.29, 0.717) is 11.5 Å². The zero-order chi connectivity index (χ0) is 24.3. The number of amides is 1. The van der Waals surface area contributed by atoms with Crippen LogP contribution in [-0.2, 0) is 27.9 Å². The number of carbonyl (C=O) groups is 1. The highest BCUT2D eigenvalue weighted by atomic mass is 32.2. The van der Waals surface area contributed by atoms with Crippen molar-refractivity contribution in [3.05, 3.63) is 94.5 Å². The predicted octanol–water partition coefficient (Wildman–Crippen LogP) is 2.40. The lowest BCUT2D eigenvalue weighted by atomic mass is 10.1. The van der Waals surface area contributed by atoms with Gasteiger partial charge in [0.05, 0.1) is 4.90 Å². The van der Waals surface area contributed by atoms with Gasteiger partial charge in [-0.2, -0.15) is 0 Å². The van der Waals surface area contributed by atoms with Crippen molar-refractivity contribution in [2.75, 3.05) is 10.5 Å². The van der Waals surface area contributed by atoms with E-state index in [4.69, 9.17) is 5.73 Å². The minimum Gasteiger partial charge on any atom is -0.384 e. The number of nitrogens with zero attached hydrogens (tertiary/aromatic N) is 2. The maximum Gasteiger partial charge on any atom is 0.275 e. The molecule has 0 spiro atoms. The first-order valence-electron chi connectivity index (χ1n) is 10.4. The molecule has 4 N–H and O–H groups in total. The predicted molar refractivity (Wildman–Crippen MR) is 131 cm³/mol. The first-order chi connectivity index (χ1) is 16.2. The average molecular weight is 478 g/mol. The lowest BCUT2D eigenvalue weighted by Crippen LogP contribution is -2.34. The standard InChI is InChI=1S/C24H23N5O4S/c1-16-6-10-21(28-34(32,33)20-9-8-18-4-2-3-5-19(18)12-20)24(31)29(16)15-23(30)27-14-17-7-11-22(25)26-13-17/h2-13,28H,14-15H2,1H3,(H2,25,26)(H,27,30). The van der Waals surface area contributed by atoms with Crippen LogP contribution < -0.4 is 21.3 Å². The van der Waals surface area contributed by atoms with E-state index in [9.17, 15) is 18.0 Å². The summed E-state index contributed by atoms with van der Waals surface area (Å²) in [4.78, 5) is 29.4. The van der Waals surface area contributed by atoms with Gasteiger partial charge in [-0.3, -0.25) is 14.3 Å². The highest BCUT2D eigenvalue weighted by Gasteiger charge is 2.18. The third-order valence-electron chi connectivity index (χ3n) is 5.31. The van der Waals surface area contributed by atoms with E-state index in [-0.39, 0.29) is 23.7 Å². The van der Waals surface area contributed by atoms with Crippen LogP contribution in [0.5, 0.6) is 0 Å². The summed E-state index contributed by atoms with van der Waals surface area (Å²) in [5.74, 6) is -0.0308. The second-order valence-electron chi connectivity index (χ2n) is 7.76. The minimum absolute atomic E-state index is 0.0348. The summed E-state index contributed by atoms with van der Waals surface area (Å²) in [6.07, 6.45) is 1.55. The van der Waals surface area contributed by atoms with Crippen molar-refractivity contribution in [2.45, 2.75) is 24.9 Å². The number of nitrogens with two attached hydrogens (primary N) is 1. The largest absolute Gasteiger partial charge is 0.384 e. The van der Waals surface area contributed by atoms with E-state index < -0.39 is 21.5 Å².